The van der Waals surface area contributed by atoms with Gasteiger partial charge in [-0.3, -0.25) is 0 Å². The first-order valence-corrected chi connectivity index (χ1v) is 8.61. The smallest absolute Gasteiger partial charge is 0.207 e. The van der Waals surface area contributed by atoms with Crippen molar-refractivity contribution in [2.45, 2.75) is 24.8 Å². The van der Waals surface area contributed by atoms with Gasteiger partial charge in [-0.1, -0.05) is 28.1 Å². The average molecular weight is 372 g/mol. The summed E-state index contributed by atoms with van der Waals surface area (Å²) in [6.07, 6.45) is 0. The zero-order chi connectivity index (χ0) is 15.6. The lowest BCUT2D eigenvalue weighted by atomic mass is 10.1. The number of halogens is 2. The minimum absolute atomic E-state index is 0.187. The Balaban J connectivity index is 2.26. The largest absolute Gasteiger partial charge is 0.241 e. The van der Waals surface area contributed by atoms with Crippen LogP contribution in [-0.2, 0) is 10.0 Å². The van der Waals surface area contributed by atoms with Crippen LogP contribution in [0.15, 0.2) is 51.8 Å². The van der Waals surface area contributed by atoms with E-state index >= 15 is 0 Å². The molecule has 0 amide bonds. The molecule has 1 N–H and O–H groups in total. The molecule has 0 aromatic heterocycles. The van der Waals surface area contributed by atoms with E-state index in [0.717, 1.165) is 10.0 Å². The van der Waals surface area contributed by atoms with E-state index in [-0.39, 0.29) is 4.90 Å². The van der Waals surface area contributed by atoms with Gasteiger partial charge in [-0.25, -0.2) is 17.5 Å². The third-order valence-corrected chi connectivity index (χ3v) is 5.55. The molecule has 0 heterocycles. The Bertz CT molecular complexity index is 762. The van der Waals surface area contributed by atoms with Gasteiger partial charge in [-0.15, -0.1) is 0 Å². The van der Waals surface area contributed by atoms with Crippen LogP contribution in [0.1, 0.15) is 24.1 Å². The fourth-order valence-electron chi connectivity index (χ4n) is 1.93. The van der Waals surface area contributed by atoms with E-state index in [2.05, 4.69) is 20.7 Å². The van der Waals surface area contributed by atoms with Crippen molar-refractivity contribution in [3.63, 3.8) is 0 Å². The molecule has 112 valence electrons. The highest BCUT2D eigenvalue weighted by Crippen LogP contribution is 2.22. The van der Waals surface area contributed by atoms with Gasteiger partial charge in [-0.2, -0.15) is 0 Å². The molecular formula is C15H15BrFNO2S. The van der Waals surface area contributed by atoms with Gasteiger partial charge in [0.15, 0.2) is 0 Å². The summed E-state index contributed by atoms with van der Waals surface area (Å²) in [6.45, 7) is 3.50. The molecule has 3 nitrogen and oxygen atoms in total. The molecule has 1 atom stereocenters. The van der Waals surface area contributed by atoms with Crippen LogP contribution in [0.5, 0.6) is 0 Å². The lowest BCUT2D eigenvalue weighted by molar-refractivity contribution is 0.564. The highest BCUT2D eigenvalue weighted by atomic mass is 79.9. The lowest BCUT2D eigenvalue weighted by Gasteiger charge is -2.15. The zero-order valence-corrected chi connectivity index (χ0v) is 14.0. The molecule has 2 aromatic carbocycles. The monoisotopic (exact) mass is 371 g/mol. The second kappa shape index (κ2) is 6.25. The molecule has 0 aliphatic heterocycles. The predicted molar refractivity (Wildman–Crippen MR) is 84.0 cm³/mol. The molecule has 2 rings (SSSR count). The highest BCUT2D eigenvalue weighted by Gasteiger charge is 2.19. The minimum Gasteiger partial charge on any atom is -0.207 e. The van der Waals surface area contributed by atoms with E-state index in [1.54, 1.807) is 31.2 Å². The maximum absolute atomic E-state index is 13.2. The van der Waals surface area contributed by atoms with Crippen molar-refractivity contribution in [2.75, 3.05) is 0 Å². The van der Waals surface area contributed by atoms with Crippen LogP contribution >= 0.6 is 15.9 Å². The van der Waals surface area contributed by atoms with Crippen molar-refractivity contribution in [3.05, 3.63) is 63.9 Å². The summed E-state index contributed by atoms with van der Waals surface area (Å²) in [5.41, 5.74) is 1.41. The molecule has 0 saturated carbocycles. The van der Waals surface area contributed by atoms with Crippen molar-refractivity contribution in [3.8, 4) is 0 Å². The molecule has 1 unspecified atom stereocenters. The van der Waals surface area contributed by atoms with Crippen LogP contribution in [-0.4, -0.2) is 8.42 Å². The highest BCUT2D eigenvalue weighted by molar-refractivity contribution is 9.10. The van der Waals surface area contributed by atoms with Gasteiger partial charge in [0.2, 0.25) is 10.0 Å². The van der Waals surface area contributed by atoms with Crippen LogP contribution < -0.4 is 4.72 Å². The van der Waals surface area contributed by atoms with E-state index in [1.807, 2.05) is 6.92 Å². The van der Waals surface area contributed by atoms with E-state index in [0.29, 0.717) is 5.56 Å². The molecule has 0 aliphatic rings. The quantitative estimate of drug-likeness (QED) is 0.884. The number of sulfonamides is 1. The summed E-state index contributed by atoms with van der Waals surface area (Å²) in [5, 5.41) is 0. The summed E-state index contributed by atoms with van der Waals surface area (Å²) in [7, 11) is -3.65. The zero-order valence-electron chi connectivity index (χ0n) is 11.6. The molecule has 0 spiro atoms. The molecular weight excluding hydrogens is 357 g/mol. The topological polar surface area (TPSA) is 46.2 Å². The third kappa shape index (κ3) is 3.90. The average Bonchev–Trinajstić information content (AvgIpc) is 2.41. The maximum atomic E-state index is 13.2. The molecule has 6 heteroatoms. The molecule has 0 bridgehead atoms. The normalized spacial score (nSPS) is 13.1. The van der Waals surface area contributed by atoms with Gasteiger partial charge >= 0.3 is 0 Å². The molecule has 0 saturated heterocycles. The van der Waals surface area contributed by atoms with Crippen LogP contribution in [0.3, 0.4) is 0 Å². The summed E-state index contributed by atoms with van der Waals surface area (Å²) >= 11 is 3.33. The van der Waals surface area contributed by atoms with Gasteiger partial charge in [0, 0.05) is 10.5 Å². The van der Waals surface area contributed by atoms with Crippen molar-refractivity contribution in [2.24, 2.45) is 0 Å². The Morgan fingerprint density at radius 3 is 2.52 bits per heavy atom. The van der Waals surface area contributed by atoms with Crippen molar-refractivity contribution in [1.82, 2.24) is 4.72 Å². The summed E-state index contributed by atoms with van der Waals surface area (Å²) in [5.74, 6) is -0.391. The first kappa shape index (κ1) is 16.1. The Morgan fingerprint density at radius 2 is 1.90 bits per heavy atom. The maximum Gasteiger partial charge on any atom is 0.241 e. The second-order valence-electron chi connectivity index (χ2n) is 4.81. The second-order valence-corrected chi connectivity index (χ2v) is 7.38. The van der Waals surface area contributed by atoms with Crippen LogP contribution in [0.25, 0.3) is 0 Å². The molecule has 2 aromatic rings. The van der Waals surface area contributed by atoms with Crippen LogP contribution in [0, 0.1) is 12.7 Å². The molecule has 0 aliphatic carbocycles. The molecule has 0 fully saturated rings. The van der Waals surface area contributed by atoms with Gasteiger partial charge in [-0.05, 0) is 55.3 Å². The van der Waals surface area contributed by atoms with Gasteiger partial charge in [0.25, 0.3) is 0 Å². The van der Waals surface area contributed by atoms with Crippen molar-refractivity contribution in [1.29, 1.82) is 0 Å². The van der Waals surface area contributed by atoms with Gasteiger partial charge in [0.05, 0.1) is 4.90 Å². The predicted octanol–water partition coefficient (Wildman–Crippen LogP) is 3.94. The summed E-state index contributed by atoms with van der Waals surface area (Å²) in [6, 6.07) is 10.2. The Hall–Kier alpha value is -1.24. The Labute approximate surface area is 132 Å². The molecule has 21 heavy (non-hydrogen) atoms. The van der Waals surface area contributed by atoms with E-state index in [1.165, 1.54) is 18.2 Å². The number of aryl methyl sites for hydroxylation is 1. The SMILES string of the molecule is Cc1cc(S(=O)(=O)NC(C)c2cccc(F)c2)ccc1Br. The summed E-state index contributed by atoms with van der Waals surface area (Å²) < 4.78 is 41.3. The third-order valence-electron chi connectivity index (χ3n) is 3.12. The standard InChI is InChI=1S/C15H15BrFNO2S/c1-10-8-14(6-7-15(10)16)21(19,20)18-11(2)12-4-3-5-13(17)9-12/h3-9,11,18H,1-2H3. The summed E-state index contributed by atoms with van der Waals surface area (Å²) in [4.78, 5) is 0.187. The molecule has 0 radical (unpaired) electrons. The Morgan fingerprint density at radius 1 is 1.19 bits per heavy atom. The number of hydrogen-bond acceptors (Lipinski definition) is 2. The van der Waals surface area contributed by atoms with Crippen LogP contribution in [0.4, 0.5) is 4.39 Å². The van der Waals surface area contributed by atoms with Crippen molar-refractivity contribution >= 4 is 26.0 Å². The first-order chi connectivity index (χ1) is 9.79. The number of hydrogen-bond donors (Lipinski definition) is 1. The van der Waals surface area contributed by atoms with E-state index < -0.39 is 21.9 Å². The Kier molecular flexibility index (Phi) is 4.81. The number of benzene rings is 2. The van der Waals surface area contributed by atoms with Gasteiger partial charge in [0.1, 0.15) is 5.82 Å². The minimum atomic E-state index is -3.65. The number of nitrogens with one attached hydrogen (secondary N) is 1. The first-order valence-electron chi connectivity index (χ1n) is 6.33. The lowest BCUT2D eigenvalue weighted by Crippen LogP contribution is -2.27. The van der Waals surface area contributed by atoms with E-state index in [9.17, 15) is 12.8 Å². The number of rotatable bonds is 4. The fraction of sp³-hybridized carbons (Fsp3) is 0.200. The van der Waals surface area contributed by atoms with E-state index in [4.69, 9.17) is 0 Å². The van der Waals surface area contributed by atoms with Gasteiger partial charge < -0.3 is 0 Å². The fourth-order valence-corrected chi connectivity index (χ4v) is 3.49. The van der Waals surface area contributed by atoms with Crippen molar-refractivity contribution < 1.29 is 12.8 Å². The van der Waals surface area contributed by atoms with Crippen LogP contribution in [0.2, 0.25) is 0 Å².